The highest BCUT2D eigenvalue weighted by Gasteiger charge is 2.26. The fourth-order valence-electron chi connectivity index (χ4n) is 3.25. The molecule has 4 rings (SSSR count). The van der Waals surface area contributed by atoms with Crippen molar-refractivity contribution in [3.63, 3.8) is 0 Å². The quantitative estimate of drug-likeness (QED) is 0.755. The van der Waals surface area contributed by atoms with Crippen molar-refractivity contribution in [3.8, 4) is 11.4 Å². The Labute approximate surface area is 152 Å². The van der Waals surface area contributed by atoms with Crippen LogP contribution in [0, 0.1) is 0 Å². The zero-order valence-corrected chi connectivity index (χ0v) is 14.4. The van der Waals surface area contributed by atoms with Crippen molar-refractivity contribution in [2.24, 2.45) is 0 Å². The van der Waals surface area contributed by atoms with Crippen LogP contribution in [0.3, 0.4) is 0 Å². The van der Waals surface area contributed by atoms with Crippen LogP contribution in [0.4, 0.5) is 10.5 Å². The number of carbonyl (C=O) groups excluding carboxylic acids is 1. The molecule has 2 N–H and O–H groups in total. The number of carbonyl (C=O) groups is 1. The van der Waals surface area contributed by atoms with Gasteiger partial charge in [-0.2, -0.15) is 5.10 Å². The van der Waals surface area contributed by atoms with Gasteiger partial charge in [0, 0.05) is 30.3 Å². The van der Waals surface area contributed by atoms with E-state index in [0.717, 1.165) is 35.7 Å². The molecule has 1 fully saturated rings. The third-order valence-corrected chi connectivity index (χ3v) is 4.73. The van der Waals surface area contributed by atoms with Gasteiger partial charge in [0.25, 0.3) is 0 Å². The number of H-pyrrole nitrogens is 1. The molecular formula is C20H21N5O. The highest BCUT2D eigenvalue weighted by atomic mass is 16.2. The number of piperidine rings is 1. The highest BCUT2D eigenvalue weighted by molar-refractivity contribution is 5.89. The zero-order chi connectivity index (χ0) is 17.8. The number of likely N-dealkylation sites (tertiary alicyclic amines) is 1. The topological polar surface area (TPSA) is 73.9 Å². The lowest BCUT2D eigenvalue weighted by molar-refractivity contribution is 0.193. The molecule has 1 aliphatic heterocycles. The molecule has 6 heteroatoms. The Balaban J connectivity index is 1.35. The normalized spacial score (nSPS) is 15.0. The van der Waals surface area contributed by atoms with Crippen LogP contribution in [0.15, 0.2) is 60.7 Å². The van der Waals surface area contributed by atoms with Gasteiger partial charge in [-0.25, -0.2) is 9.78 Å². The van der Waals surface area contributed by atoms with Crippen molar-refractivity contribution in [2.45, 2.75) is 18.8 Å². The fraction of sp³-hybridized carbons (Fsp3) is 0.250. The number of aromatic amines is 1. The van der Waals surface area contributed by atoms with E-state index in [2.05, 4.69) is 20.5 Å². The third kappa shape index (κ3) is 3.59. The second-order valence-corrected chi connectivity index (χ2v) is 6.47. The van der Waals surface area contributed by atoms with Crippen molar-refractivity contribution >= 4 is 11.7 Å². The first-order valence-corrected chi connectivity index (χ1v) is 8.88. The van der Waals surface area contributed by atoms with E-state index >= 15 is 0 Å². The second kappa shape index (κ2) is 7.39. The molecule has 3 aromatic rings. The molecule has 0 bridgehead atoms. The molecule has 0 aliphatic carbocycles. The SMILES string of the molecule is O=C(Nc1ccccc1)N1CCC(c2nc(-c3ccccc3)n[nH]2)CC1. The maximum absolute atomic E-state index is 12.4. The van der Waals surface area contributed by atoms with Crippen LogP contribution in [0.5, 0.6) is 0 Å². The Morgan fingerprint density at radius 1 is 1.00 bits per heavy atom. The minimum atomic E-state index is -0.0443. The zero-order valence-electron chi connectivity index (χ0n) is 14.4. The minimum Gasteiger partial charge on any atom is -0.324 e. The summed E-state index contributed by atoms with van der Waals surface area (Å²) >= 11 is 0. The average molecular weight is 347 g/mol. The number of para-hydroxylation sites is 1. The van der Waals surface area contributed by atoms with Crippen LogP contribution >= 0.6 is 0 Å². The van der Waals surface area contributed by atoms with Gasteiger partial charge in [0.05, 0.1) is 0 Å². The van der Waals surface area contributed by atoms with Gasteiger partial charge < -0.3 is 10.2 Å². The molecule has 6 nitrogen and oxygen atoms in total. The highest BCUT2D eigenvalue weighted by Crippen LogP contribution is 2.27. The molecule has 0 unspecified atom stereocenters. The summed E-state index contributed by atoms with van der Waals surface area (Å²) < 4.78 is 0. The Kier molecular flexibility index (Phi) is 4.64. The molecule has 1 aromatic heterocycles. The first kappa shape index (κ1) is 16.3. The van der Waals surface area contributed by atoms with E-state index in [1.54, 1.807) is 0 Å². The molecule has 1 saturated heterocycles. The first-order valence-electron chi connectivity index (χ1n) is 8.88. The largest absolute Gasteiger partial charge is 0.324 e. The van der Waals surface area contributed by atoms with Gasteiger partial charge in [-0.05, 0) is 25.0 Å². The predicted molar refractivity (Wildman–Crippen MR) is 101 cm³/mol. The van der Waals surface area contributed by atoms with E-state index in [1.807, 2.05) is 65.6 Å². The molecule has 2 amide bonds. The van der Waals surface area contributed by atoms with Gasteiger partial charge in [0.2, 0.25) is 0 Å². The smallest absolute Gasteiger partial charge is 0.321 e. The Hall–Kier alpha value is -3.15. The molecular weight excluding hydrogens is 326 g/mol. The number of aromatic nitrogens is 3. The van der Waals surface area contributed by atoms with E-state index in [4.69, 9.17) is 0 Å². The van der Waals surface area contributed by atoms with Crippen LogP contribution < -0.4 is 5.32 Å². The Morgan fingerprint density at radius 2 is 1.65 bits per heavy atom. The standard InChI is InChI=1S/C20H21N5O/c26-20(21-17-9-5-2-6-10-17)25-13-11-16(12-14-25)19-22-18(23-24-19)15-7-3-1-4-8-15/h1-10,16H,11-14H2,(H,21,26)(H,22,23,24). The summed E-state index contributed by atoms with van der Waals surface area (Å²) in [7, 11) is 0. The summed E-state index contributed by atoms with van der Waals surface area (Å²) in [6.45, 7) is 1.43. The molecule has 2 heterocycles. The molecule has 0 atom stereocenters. The molecule has 2 aromatic carbocycles. The second-order valence-electron chi connectivity index (χ2n) is 6.47. The number of anilines is 1. The summed E-state index contributed by atoms with van der Waals surface area (Å²) in [5, 5.41) is 10.4. The van der Waals surface area contributed by atoms with Gasteiger partial charge in [-0.15, -0.1) is 0 Å². The summed E-state index contributed by atoms with van der Waals surface area (Å²) in [5.41, 5.74) is 1.83. The summed E-state index contributed by atoms with van der Waals surface area (Å²) in [6.07, 6.45) is 1.76. The van der Waals surface area contributed by atoms with E-state index in [9.17, 15) is 4.79 Å². The van der Waals surface area contributed by atoms with Crippen LogP contribution in [0.2, 0.25) is 0 Å². The van der Waals surface area contributed by atoms with E-state index in [-0.39, 0.29) is 6.03 Å². The number of hydrogen-bond donors (Lipinski definition) is 2. The lowest BCUT2D eigenvalue weighted by atomic mass is 9.96. The fourth-order valence-corrected chi connectivity index (χ4v) is 3.25. The minimum absolute atomic E-state index is 0.0443. The van der Waals surface area contributed by atoms with Crippen molar-refractivity contribution < 1.29 is 4.79 Å². The Morgan fingerprint density at radius 3 is 2.35 bits per heavy atom. The number of amides is 2. The number of nitrogens with one attached hydrogen (secondary N) is 2. The third-order valence-electron chi connectivity index (χ3n) is 4.73. The number of nitrogens with zero attached hydrogens (tertiary/aromatic N) is 3. The van der Waals surface area contributed by atoms with E-state index in [1.165, 1.54) is 0 Å². The molecule has 26 heavy (non-hydrogen) atoms. The summed E-state index contributed by atoms with van der Waals surface area (Å²) in [4.78, 5) is 18.9. The van der Waals surface area contributed by atoms with Gasteiger partial charge in [-0.1, -0.05) is 48.5 Å². The maximum Gasteiger partial charge on any atom is 0.321 e. The number of hydrogen-bond acceptors (Lipinski definition) is 3. The lowest BCUT2D eigenvalue weighted by Gasteiger charge is -2.31. The first-order chi connectivity index (χ1) is 12.8. The van der Waals surface area contributed by atoms with Crippen molar-refractivity contribution in [2.75, 3.05) is 18.4 Å². The molecule has 1 aliphatic rings. The average Bonchev–Trinajstić information content (AvgIpc) is 3.20. The van der Waals surface area contributed by atoms with E-state index < -0.39 is 0 Å². The predicted octanol–water partition coefficient (Wildman–Crippen LogP) is 3.88. The molecule has 0 saturated carbocycles. The van der Waals surface area contributed by atoms with Crippen molar-refractivity contribution in [1.29, 1.82) is 0 Å². The van der Waals surface area contributed by atoms with Crippen LogP contribution in [-0.4, -0.2) is 39.2 Å². The monoisotopic (exact) mass is 347 g/mol. The summed E-state index contributed by atoms with van der Waals surface area (Å²) in [6, 6.07) is 19.4. The maximum atomic E-state index is 12.4. The van der Waals surface area contributed by atoms with Gasteiger partial charge >= 0.3 is 6.03 Å². The van der Waals surface area contributed by atoms with Gasteiger partial charge in [0.1, 0.15) is 5.82 Å². The van der Waals surface area contributed by atoms with E-state index in [0.29, 0.717) is 19.0 Å². The van der Waals surface area contributed by atoms with Crippen LogP contribution in [0.1, 0.15) is 24.6 Å². The van der Waals surface area contributed by atoms with Crippen molar-refractivity contribution in [3.05, 3.63) is 66.5 Å². The number of benzene rings is 2. The van der Waals surface area contributed by atoms with Gasteiger partial charge in [0.15, 0.2) is 5.82 Å². The van der Waals surface area contributed by atoms with Crippen molar-refractivity contribution in [1.82, 2.24) is 20.1 Å². The van der Waals surface area contributed by atoms with Gasteiger partial charge in [-0.3, -0.25) is 5.10 Å². The lowest BCUT2D eigenvalue weighted by Crippen LogP contribution is -2.40. The van der Waals surface area contributed by atoms with Crippen LogP contribution in [-0.2, 0) is 0 Å². The van der Waals surface area contributed by atoms with Crippen LogP contribution in [0.25, 0.3) is 11.4 Å². The molecule has 132 valence electrons. The molecule has 0 radical (unpaired) electrons. The molecule has 0 spiro atoms. The number of urea groups is 1. The summed E-state index contributed by atoms with van der Waals surface area (Å²) in [5.74, 6) is 1.94. The Bertz CT molecular complexity index is 854. The number of rotatable bonds is 3.